The predicted molar refractivity (Wildman–Crippen MR) is 72.7 cm³/mol. The molecular formula is C15H21NO2. The lowest BCUT2D eigenvalue weighted by Crippen LogP contribution is -1.99. The monoisotopic (exact) mass is 247 g/mol. The van der Waals surface area contributed by atoms with E-state index in [4.69, 9.17) is 9.94 Å². The fourth-order valence-corrected chi connectivity index (χ4v) is 2.36. The number of ether oxygens (including phenoxy) is 1. The maximum Gasteiger partial charge on any atom is 0.119 e. The van der Waals surface area contributed by atoms with Crippen molar-refractivity contribution in [3.63, 3.8) is 0 Å². The molecule has 0 saturated carbocycles. The fraction of sp³-hybridized carbons (Fsp3) is 0.533. The first kappa shape index (κ1) is 12.9. The largest absolute Gasteiger partial charge is 0.494 e. The average molecular weight is 247 g/mol. The summed E-state index contributed by atoms with van der Waals surface area (Å²) in [5.41, 5.74) is 3.09. The third-order valence-corrected chi connectivity index (χ3v) is 3.41. The molecule has 1 aliphatic rings. The van der Waals surface area contributed by atoms with E-state index in [-0.39, 0.29) is 0 Å². The number of hydrogen-bond acceptors (Lipinski definition) is 3. The SMILES string of the molecule is CCCCCCOc1ccc2c(c1)CC/C2=N\O. The zero-order chi connectivity index (χ0) is 12.8. The summed E-state index contributed by atoms with van der Waals surface area (Å²) in [7, 11) is 0. The van der Waals surface area contributed by atoms with Crippen molar-refractivity contribution in [3.8, 4) is 5.75 Å². The minimum atomic E-state index is 0.791. The van der Waals surface area contributed by atoms with Crippen molar-refractivity contribution in [3.05, 3.63) is 29.3 Å². The number of rotatable bonds is 6. The van der Waals surface area contributed by atoms with Crippen LogP contribution >= 0.6 is 0 Å². The maximum atomic E-state index is 8.86. The number of oxime groups is 1. The van der Waals surface area contributed by atoms with E-state index in [1.165, 1.54) is 24.8 Å². The molecular weight excluding hydrogens is 226 g/mol. The first-order valence-corrected chi connectivity index (χ1v) is 6.82. The van der Waals surface area contributed by atoms with E-state index in [0.29, 0.717) is 0 Å². The Hall–Kier alpha value is -1.51. The first-order valence-electron chi connectivity index (χ1n) is 6.82. The molecule has 0 amide bonds. The molecule has 3 nitrogen and oxygen atoms in total. The van der Waals surface area contributed by atoms with Gasteiger partial charge in [-0.3, -0.25) is 0 Å². The van der Waals surface area contributed by atoms with Gasteiger partial charge >= 0.3 is 0 Å². The summed E-state index contributed by atoms with van der Waals surface area (Å²) in [4.78, 5) is 0. The Balaban J connectivity index is 1.88. The van der Waals surface area contributed by atoms with Crippen molar-refractivity contribution in [2.24, 2.45) is 5.16 Å². The molecule has 18 heavy (non-hydrogen) atoms. The quantitative estimate of drug-likeness (QED) is 0.472. The molecule has 2 rings (SSSR count). The molecule has 1 aliphatic carbocycles. The number of hydrogen-bond donors (Lipinski definition) is 1. The van der Waals surface area contributed by atoms with Crippen LogP contribution in [0.4, 0.5) is 0 Å². The summed E-state index contributed by atoms with van der Waals surface area (Å²) >= 11 is 0. The van der Waals surface area contributed by atoms with E-state index in [1.807, 2.05) is 12.1 Å². The molecule has 1 aromatic rings. The van der Waals surface area contributed by atoms with Crippen molar-refractivity contribution in [1.29, 1.82) is 0 Å². The third-order valence-electron chi connectivity index (χ3n) is 3.41. The highest BCUT2D eigenvalue weighted by atomic mass is 16.5. The molecule has 0 spiro atoms. The van der Waals surface area contributed by atoms with Gasteiger partial charge in [0.2, 0.25) is 0 Å². The molecule has 0 radical (unpaired) electrons. The van der Waals surface area contributed by atoms with Gasteiger partial charge in [-0.05, 0) is 43.0 Å². The van der Waals surface area contributed by atoms with Crippen LogP contribution in [-0.2, 0) is 6.42 Å². The van der Waals surface area contributed by atoms with Gasteiger partial charge in [0.15, 0.2) is 0 Å². The van der Waals surface area contributed by atoms with Crippen molar-refractivity contribution >= 4 is 5.71 Å². The number of benzene rings is 1. The van der Waals surface area contributed by atoms with Gasteiger partial charge in [-0.25, -0.2) is 0 Å². The molecule has 0 fully saturated rings. The zero-order valence-corrected chi connectivity index (χ0v) is 11.0. The molecule has 3 heteroatoms. The van der Waals surface area contributed by atoms with Gasteiger partial charge in [0.25, 0.3) is 0 Å². The van der Waals surface area contributed by atoms with Gasteiger partial charge in [0.1, 0.15) is 5.75 Å². The van der Waals surface area contributed by atoms with Gasteiger partial charge < -0.3 is 9.94 Å². The van der Waals surface area contributed by atoms with Crippen LogP contribution in [0.25, 0.3) is 0 Å². The number of unbranched alkanes of at least 4 members (excludes halogenated alkanes) is 3. The molecule has 98 valence electrons. The van der Waals surface area contributed by atoms with E-state index in [1.54, 1.807) is 0 Å². The smallest absolute Gasteiger partial charge is 0.119 e. The molecule has 1 N–H and O–H groups in total. The van der Waals surface area contributed by atoms with Gasteiger partial charge in [0, 0.05) is 5.56 Å². The second-order valence-corrected chi connectivity index (χ2v) is 4.77. The van der Waals surface area contributed by atoms with Crippen LogP contribution in [0, 0.1) is 0 Å². The van der Waals surface area contributed by atoms with Crippen molar-refractivity contribution in [2.45, 2.75) is 45.4 Å². The Morgan fingerprint density at radius 1 is 1.22 bits per heavy atom. The lowest BCUT2D eigenvalue weighted by atomic mass is 10.1. The standard InChI is InChI=1S/C15H21NO2/c1-2-3-4-5-10-18-13-7-8-14-12(11-13)6-9-15(14)16-17/h7-8,11,17H,2-6,9-10H2,1H3/b16-15+. The minimum absolute atomic E-state index is 0.791. The van der Waals surface area contributed by atoms with E-state index >= 15 is 0 Å². The fourth-order valence-electron chi connectivity index (χ4n) is 2.36. The summed E-state index contributed by atoms with van der Waals surface area (Å²) in [6.07, 6.45) is 6.66. The van der Waals surface area contributed by atoms with Crippen molar-refractivity contribution in [1.82, 2.24) is 0 Å². The van der Waals surface area contributed by atoms with Gasteiger partial charge in [0.05, 0.1) is 12.3 Å². The molecule has 1 aromatic carbocycles. The van der Waals surface area contributed by atoms with Gasteiger partial charge in [-0.1, -0.05) is 31.3 Å². The summed E-state index contributed by atoms with van der Waals surface area (Å²) in [6, 6.07) is 6.04. The molecule has 0 unspecified atom stereocenters. The molecule has 0 atom stereocenters. The second-order valence-electron chi connectivity index (χ2n) is 4.77. The predicted octanol–water partition coefficient (Wildman–Crippen LogP) is 3.77. The third kappa shape index (κ3) is 3.03. The molecule has 0 aromatic heterocycles. The summed E-state index contributed by atoms with van der Waals surface area (Å²) in [6.45, 7) is 3.00. The Bertz CT molecular complexity index is 427. The zero-order valence-electron chi connectivity index (χ0n) is 11.0. The highest BCUT2D eigenvalue weighted by molar-refractivity contribution is 6.04. The Morgan fingerprint density at radius 2 is 2.11 bits per heavy atom. The molecule has 0 bridgehead atoms. The molecule has 0 saturated heterocycles. The van der Waals surface area contributed by atoms with Crippen molar-refractivity contribution < 1.29 is 9.94 Å². The van der Waals surface area contributed by atoms with Crippen LogP contribution in [0.15, 0.2) is 23.4 Å². The van der Waals surface area contributed by atoms with Crippen molar-refractivity contribution in [2.75, 3.05) is 6.61 Å². The number of fused-ring (bicyclic) bond motifs is 1. The summed E-state index contributed by atoms with van der Waals surface area (Å²) in [5, 5.41) is 12.2. The van der Waals surface area contributed by atoms with E-state index < -0.39 is 0 Å². The highest BCUT2D eigenvalue weighted by Gasteiger charge is 2.18. The minimum Gasteiger partial charge on any atom is -0.494 e. The van der Waals surface area contributed by atoms with E-state index in [9.17, 15) is 0 Å². The maximum absolute atomic E-state index is 8.86. The van der Waals surface area contributed by atoms with E-state index in [0.717, 1.165) is 42.9 Å². The van der Waals surface area contributed by atoms with Crippen LogP contribution < -0.4 is 4.74 Å². The van der Waals surface area contributed by atoms with Crippen LogP contribution in [-0.4, -0.2) is 17.5 Å². The average Bonchev–Trinajstić information content (AvgIpc) is 2.80. The molecule has 0 aliphatic heterocycles. The highest BCUT2D eigenvalue weighted by Crippen LogP contribution is 2.26. The van der Waals surface area contributed by atoms with Gasteiger partial charge in [-0.2, -0.15) is 0 Å². The number of nitrogens with zero attached hydrogens (tertiary/aromatic N) is 1. The lowest BCUT2D eigenvalue weighted by Gasteiger charge is -2.07. The Morgan fingerprint density at radius 3 is 2.89 bits per heavy atom. The summed E-state index contributed by atoms with van der Waals surface area (Å²) < 4.78 is 5.74. The summed E-state index contributed by atoms with van der Waals surface area (Å²) in [5.74, 6) is 0.935. The van der Waals surface area contributed by atoms with Crippen LogP contribution in [0.5, 0.6) is 5.75 Å². The van der Waals surface area contributed by atoms with Crippen LogP contribution in [0.2, 0.25) is 0 Å². The normalized spacial score (nSPS) is 15.9. The van der Waals surface area contributed by atoms with Crippen LogP contribution in [0.1, 0.15) is 50.2 Å². The Kier molecular flexibility index (Phi) is 4.62. The van der Waals surface area contributed by atoms with Gasteiger partial charge in [-0.15, -0.1) is 0 Å². The lowest BCUT2D eigenvalue weighted by molar-refractivity contribution is 0.305. The van der Waals surface area contributed by atoms with E-state index in [2.05, 4.69) is 18.1 Å². The topological polar surface area (TPSA) is 41.8 Å². The van der Waals surface area contributed by atoms with Crippen LogP contribution in [0.3, 0.4) is 0 Å². The Labute approximate surface area is 108 Å². The first-order chi connectivity index (χ1) is 8.85. The molecule has 0 heterocycles. The number of aryl methyl sites for hydroxylation is 1. The second kappa shape index (κ2) is 6.43.